The van der Waals surface area contributed by atoms with Crippen LogP contribution >= 0.6 is 0 Å². The van der Waals surface area contributed by atoms with Gasteiger partial charge in [-0.2, -0.15) is 4.98 Å². The molecule has 0 aromatic carbocycles. The Bertz CT molecular complexity index is 413. The van der Waals surface area contributed by atoms with Crippen molar-refractivity contribution in [3.63, 3.8) is 0 Å². The molecule has 0 radical (unpaired) electrons. The fraction of sp³-hybridized carbons (Fsp3) is 0.867. The van der Waals surface area contributed by atoms with Crippen molar-refractivity contribution in [1.82, 2.24) is 10.1 Å². The summed E-state index contributed by atoms with van der Waals surface area (Å²) in [7, 11) is 0. The largest absolute Gasteiger partial charge is 0.367 e. The minimum Gasteiger partial charge on any atom is -0.367 e. The van der Waals surface area contributed by atoms with Crippen molar-refractivity contribution in [3.05, 3.63) is 11.7 Å². The Hall–Kier alpha value is -0.940. The van der Waals surface area contributed by atoms with Gasteiger partial charge in [0.25, 0.3) is 0 Å². The van der Waals surface area contributed by atoms with Gasteiger partial charge < -0.3 is 15.0 Å². The molecule has 0 bridgehead atoms. The second-order valence-corrected chi connectivity index (χ2v) is 5.93. The van der Waals surface area contributed by atoms with E-state index in [9.17, 15) is 0 Å². The molecule has 1 heterocycles. The molecule has 3 atom stereocenters. The zero-order chi connectivity index (χ0) is 14.6. The molecule has 5 nitrogen and oxygen atoms in total. The quantitative estimate of drug-likeness (QED) is 0.867. The Balaban J connectivity index is 2.25. The van der Waals surface area contributed by atoms with Gasteiger partial charge in [-0.05, 0) is 38.5 Å². The molecule has 0 aliphatic heterocycles. The van der Waals surface area contributed by atoms with Crippen LogP contribution in [0.15, 0.2) is 4.52 Å². The van der Waals surface area contributed by atoms with E-state index in [1.54, 1.807) is 0 Å². The zero-order valence-corrected chi connectivity index (χ0v) is 12.9. The molecule has 1 aromatic heterocycles. The maximum Gasteiger partial charge on any atom is 0.231 e. The van der Waals surface area contributed by atoms with Gasteiger partial charge in [0.05, 0.1) is 5.92 Å². The average Bonchev–Trinajstić information content (AvgIpc) is 2.91. The summed E-state index contributed by atoms with van der Waals surface area (Å²) in [5.74, 6) is 2.15. The van der Waals surface area contributed by atoms with Gasteiger partial charge >= 0.3 is 0 Å². The fourth-order valence-corrected chi connectivity index (χ4v) is 3.21. The highest BCUT2D eigenvalue weighted by atomic mass is 16.5. The first-order valence-corrected chi connectivity index (χ1v) is 7.83. The summed E-state index contributed by atoms with van der Waals surface area (Å²) in [6, 6.07) is 0. The van der Waals surface area contributed by atoms with E-state index >= 15 is 0 Å². The van der Waals surface area contributed by atoms with Crippen molar-refractivity contribution in [2.45, 2.75) is 64.4 Å². The summed E-state index contributed by atoms with van der Waals surface area (Å²) in [4.78, 5) is 4.62. The predicted molar refractivity (Wildman–Crippen MR) is 77.3 cm³/mol. The average molecular weight is 281 g/mol. The summed E-state index contributed by atoms with van der Waals surface area (Å²) in [5.41, 5.74) is 5.40. The minimum atomic E-state index is -0.360. The van der Waals surface area contributed by atoms with Gasteiger partial charge in [0.1, 0.15) is 5.60 Å². The zero-order valence-electron chi connectivity index (χ0n) is 12.9. The number of nitrogens with two attached hydrogens (primary N) is 1. The summed E-state index contributed by atoms with van der Waals surface area (Å²) in [6.07, 6.45) is 5.26. The Morgan fingerprint density at radius 3 is 2.90 bits per heavy atom. The molecule has 114 valence electrons. The third-order valence-electron chi connectivity index (χ3n) is 4.35. The first-order valence-electron chi connectivity index (χ1n) is 7.83. The number of hydrogen-bond donors (Lipinski definition) is 1. The highest BCUT2D eigenvalue weighted by Gasteiger charge is 2.41. The van der Waals surface area contributed by atoms with Crippen molar-refractivity contribution in [1.29, 1.82) is 0 Å². The van der Waals surface area contributed by atoms with Crippen molar-refractivity contribution in [2.24, 2.45) is 11.7 Å². The SMILES string of the molecule is CCOC1(c2noc(C(CC)CN)n2)CCCC(C)C1. The summed E-state index contributed by atoms with van der Waals surface area (Å²) < 4.78 is 11.5. The van der Waals surface area contributed by atoms with Crippen LogP contribution in [0.25, 0.3) is 0 Å². The lowest BCUT2D eigenvalue weighted by molar-refractivity contribution is -0.0891. The van der Waals surface area contributed by atoms with E-state index in [0.717, 1.165) is 25.7 Å². The van der Waals surface area contributed by atoms with E-state index in [1.165, 1.54) is 6.42 Å². The van der Waals surface area contributed by atoms with Crippen LogP contribution in [-0.4, -0.2) is 23.3 Å². The number of hydrogen-bond acceptors (Lipinski definition) is 5. The second-order valence-electron chi connectivity index (χ2n) is 5.93. The first kappa shape index (κ1) is 15.4. The van der Waals surface area contributed by atoms with Crippen LogP contribution in [0.2, 0.25) is 0 Å². The van der Waals surface area contributed by atoms with Gasteiger partial charge in [-0.3, -0.25) is 0 Å². The molecule has 1 saturated carbocycles. The standard InChI is InChI=1S/C15H27N3O2/c1-4-12(10-16)13-17-14(18-20-13)15(19-5-2)8-6-7-11(3)9-15/h11-12H,4-10,16H2,1-3H3. The minimum absolute atomic E-state index is 0.149. The molecule has 0 amide bonds. The van der Waals surface area contributed by atoms with E-state index in [0.29, 0.717) is 30.8 Å². The van der Waals surface area contributed by atoms with Crippen LogP contribution < -0.4 is 5.73 Å². The van der Waals surface area contributed by atoms with Crippen LogP contribution in [0.1, 0.15) is 70.5 Å². The molecule has 0 saturated heterocycles. The van der Waals surface area contributed by atoms with Crippen LogP contribution in [0.5, 0.6) is 0 Å². The van der Waals surface area contributed by atoms with Crippen LogP contribution in [0.4, 0.5) is 0 Å². The maximum atomic E-state index is 6.07. The summed E-state index contributed by atoms with van der Waals surface area (Å²) >= 11 is 0. The van der Waals surface area contributed by atoms with E-state index in [-0.39, 0.29) is 11.5 Å². The Labute approximate surface area is 121 Å². The fourth-order valence-electron chi connectivity index (χ4n) is 3.21. The Morgan fingerprint density at radius 2 is 2.30 bits per heavy atom. The topological polar surface area (TPSA) is 74.2 Å². The van der Waals surface area contributed by atoms with E-state index in [1.807, 2.05) is 6.92 Å². The molecule has 2 N–H and O–H groups in total. The van der Waals surface area contributed by atoms with Gasteiger partial charge in [0, 0.05) is 13.2 Å². The lowest BCUT2D eigenvalue weighted by Crippen LogP contribution is -2.36. The third-order valence-corrected chi connectivity index (χ3v) is 4.35. The molecule has 2 rings (SSSR count). The predicted octanol–water partition coefficient (Wildman–Crippen LogP) is 2.96. The molecule has 1 aliphatic rings. The van der Waals surface area contributed by atoms with Gasteiger partial charge in [-0.25, -0.2) is 0 Å². The second kappa shape index (κ2) is 6.68. The van der Waals surface area contributed by atoms with Crippen molar-refractivity contribution in [2.75, 3.05) is 13.2 Å². The van der Waals surface area contributed by atoms with Gasteiger partial charge in [-0.15, -0.1) is 0 Å². The Kier molecular flexibility index (Phi) is 5.16. The van der Waals surface area contributed by atoms with Crippen LogP contribution in [-0.2, 0) is 10.3 Å². The molecule has 3 unspecified atom stereocenters. The van der Waals surface area contributed by atoms with Crippen LogP contribution in [0, 0.1) is 5.92 Å². The molecule has 5 heteroatoms. The van der Waals surface area contributed by atoms with E-state index in [2.05, 4.69) is 24.0 Å². The van der Waals surface area contributed by atoms with E-state index in [4.69, 9.17) is 15.0 Å². The molecule has 1 fully saturated rings. The van der Waals surface area contributed by atoms with Crippen molar-refractivity contribution >= 4 is 0 Å². The molecule has 1 aromatic rings. The summed E-state index contributed by atoms with van der Waals surface area (Å²) in [6.45, 7) is 7.59. The van der Waals surface area contributed by atoms with Crippen molar-refractivity contribution < 1.29 is 9.26 Å². The number of aromatic nitrogens is 2. The lowest BCUT2D eigenvalue weighted by atomic mass is 9.78. The highest BCUT2D eigenvalue weighted by molar-refractivity contribution is 5.06. The Morgan fingerprint density at radius 1 is 1.50 bits per heavy atom. The normalized spacial score (nSPS) is 28.5. The third kappa shape index (κ3) is 3.04. The highest BCUT2D eigenvalue weighted by Crippen LogP contribution is 2.42. The first-order chi connectivity index (χ1) is 9.65. The molecule has 0 spiro atoms. The number of nitrogens with zero attached hydrogens (tertiary/aromatic N) is 2. The molecular weight excluding hydrogens is 254 g/mol. The van der Waals surface area contributed by atoms with E-state index < -0.39 is 0 Å². The summed E-state index contributed by atoms with van der Waals surface area (Å²) in [5, 5.41) is 4.22. The maximum absolute atomic E-state index is 6.07. The van der Waals surface area contributed by atoms with Gasteiger partial charge in [0.2, 0.25) is 11.7 Å². The lowest BCUT2D eigenvalue weighted by Gasteiger charge is -2.37. The van der Waals surface area contributed by atoms with Gasteiger partial charge in [-0.1, -0.05) is 25.4 Å². The number of ether oxygens (including phenoxy) is 1. The van der Waals surface area contributed by atoms with Crippen molar-refractivity contribution in [3.8, 4) is 0 Å². The smallest absolute Gasteiger partial charge is 0.231 e. The van der Waals surface area contributed by atoms with Crippen LogP contribution in [0.3, 0.4) is 0 Å². The molecule has 20 heavy (non-hydrogen) atoms. The molecular formula is C15H27N3O2. The molecule has 1 aliphatic carbocycles. The number of rotatable bonds is 6. The monoisotopic (exact) mass is 281 g/mol. The van der Waals surface area contributed by atoms with Gasteiger partial charge in [0.15, 0.2) is 0 Å².